The van der Waals surface area contributed by atoms with Gasteiger partial charge in [0.1, 0.15) is 22.9 Å². The molecule has 0 aliphatic heterocycles. The van der Waals surface area contributed by atoms with E-state index in [1.807, 2.05) is 37.3 Å². The van der Waals surface area contributed by atoms with Crippen molar-refractivity contribution in [3.8, 4) is 22.8 Å². The number of nitrogens with zero attached hydrogens (tertiary/aromatic N) is 4. The Morgan fingerprint density at radius 1 is 1.00 bits per heavy atom. The highest BCUT2D eigenvalue weighted by atomic mass is 32.2. The van der Waals surface area contributed by atoms with Gasteiger partial charge in [-0.15, -0.1) is 0 Å². The number of aryl methyl sites for hydroxylation is 1. The maximum Gasteiger partial charge on any atom is 0.311 e. The van der Waals surface area contributed by atoms with E-state index in [1.165, 1.54) is 31.5 Å². The number of carbonyl (C=O) groups is 1. The van der Waals surface area contributed by atoms with Gasteiger partial charge < -0.3 is 14.5 Å². The third-order valence-corrected chi connectivity index (χ3v) is 11.5. The predicted molar refractivity (Wildman–Crippen MR) is 178 cm³/mol. The minimum absolute atomic E-state index is 0.0366. The lowest BCUT2D eigenvalue weighted by molar-refractivity contribution is -0.152. The molecule has 2 unspecified atom stereocenters. The van der Waals surface area contributed by atoms with E-state index >= 15 is 0 Å². The van der Waals surface area contributed by atoms with Crippen LogP contribution in [0.15, 0.2) is 88.4 Å². The molecular formula is C36H32FN5O5S. The Bertz CT molecular complexity index is 2280. The zero-order valence-electron chi connectivity index (χ0n) is 26.3. The van der Waals surface area contributed by atoms with E-state index in [0.717, 1.165) is 46.8 Å². The molecule has 0 spiro atoms. The van der Waals surface area contributed by atoms with Gasteiger partial charge >= 0.3 is 5.97 Å². The number of benzene rings is 2. The molecule has 4 heterocycles. The molecule has 4 aromatic heterocycles. The van der Waals surface area contributed by atoms with Crippen LogP contribution in [0, 0.1) is 30.5 Å². The van der Waals surface area contributed by atoms with E-state index in [-0.39, 0.29) is 57.1 Å². The highest BCUT2D eigenvalue weighted by Gasteiger charge is 2.48. The molecule has 0 amide bonds. The quantitative estimate of drug-likeness (QED) is 0.180. The number of esters is 1. The summed E-state index contributed by atoms with van der Waals surface area (Å²) in [7, 11) is -2.72. The second-order valence-electron chi connectivity index (χ2n) is 12.7. The van der Waals surface area contributed by atoms with E-state index < -0.39 is 15.8 Å². The summed E-state index contributed by atoms with van der Waals surface area (Å²) in [5, 5.41) is 4.65. The molecule has 2 bridgehead atoms. The molecule has 9 rings (SSSR count). The highest BCUT2D eigenvalue weighted by molar-refractivity contribution is 7.90. The molecule has 3 aliphatic carbocycles. The van der Waals surface area contributed by atoms with Gasteiger partial charge in [0.05, 0.1) is 24.1 Å². The van der Waals surface area contributed by atoms with Crippen LogP contribution in [0.1, 0.15) is 31.2 Å². The number of para-hydroxylation sites is 1. The number of hydrogen-bond acceptors (Lipinski definition) is 9. The van der Waals surface area contributed by atoms with Gasteiger partial charge in [0.25, 0.3) is 10.0 Å². The van der Waals surface area contributed by atoms with Crippen molar-refractivity contribution in [2.24, 2.45) is 17.8 Å². The van der Waals surface area contributed by atoms with Crippen LogP contribution < -0.4 is 5.32 Å². The first-order valence-electron chi connectivity index (χ1n) is 15.9. The maximum absolute atomic E-state index is 14.8. The first-order valence-corrected chi connectivity index (χ1v) is 17.4. The number of halogens is 1. The average molecular weight is 666 g/mol. The van der Waals surface area contributed by atoms with Crippen LogP contribution in [0.2, 0.25) is 0 Å². The second kappa shape index (κ2) is 11.6. The van der Waals surface area contributed by atoms with E-state index in [4.69, 9.17) is 19.1 Å². The minimum Gasteiger partial charge on any atom is -0.469 e. The number of nitrogens with one attached hydrogen (secondary N) is 1. The summed E-state index contributed by atoms with van der Waals surface area (Å²) < 4.78 is 55.1. The Morgan fingerprint density at radius 3 is 2.50 bits per heavy atom. The Balaban J connectivity index is 1.31. The fraction of sp³-hybridized carbons (Fsp3) is 0.278. The van der Waals surface area contributed by atoms with Crippen molar-refractivity contribution in [3.05, 3.63) is 90.5 Å². The Kier molecular flexibility index (Phi) is 7.28. The molecule has 6 aromatic rings. The first kappa shape index (κ1) is 30.2. The van der Waals surface area contributed by atoms with Crippen molar-refractivity contribution in [1.82, 2.24) is 18.9 Å². The molecular weight excluding hydrogens is 633 g/mol. The van der Waals surface area contributed by atoms with Crippen molar-refractivity contribution >= 4 is 43.8 Å². The zero-order chi connectivity index (χ0) is 33.2. The molecule has 3 saturated carbocycles. The highest BCUT2D eigenvalue weighted by Crippen LogP contribution is 2.47. The summed E-state index contributed by atoms with van der Waals surface area (Å²) in [6.07, 6.45) is 6.27. The van der Waals surface area contributed by atoms with Gasteiger partial charge in [-0.05, 0) is 74.8 Å². The van der Waals surface area contributed by atoms with Crippen molar-refractivity contribution in [3.63, 3.8) is 0 Å². The number of anilines is 1. The summed E-state index contributed by atoms with van der Waals surface area (Å²) in [4.78, 5) is 27.0. The SMILES string of the molecule is COC(=O)C1C2CCC(CC2)C1Nc1cc(-c2cc3ccccc3o2)nc(-c2cn(S(=O)(=O)c3ccc(C)cc3)c3ncc(F)cc23)n1. The number of pyridine rings is 1. The Labute approximate surface area is 276 Å². The fourth-order valence-electron chi connectivity index (χ4n) is 7.42. The maximum atomic E-state index is 14.8. The second-order valence-corrected chi connectivity index (χ2v) is 14.5. The third kappa shape index (κ3) is 5.11. The van der Waals surface area contributed by atoms with Gasteiger partial charge in [-0.25, -0.2) is 31.7 Å². The topological polar surface area (TPSA) is 129 Å². The van der Waals surface area contributed by atoms with Crippen LogP contribution in [0.4, 0.5) is 10.2 Å². The van der Waals surface area contributed by atoms with E-state index in [1.54, 1.807) is 18.2 Å². The normalized spacial score (nSPS) is 20.7. The summed E-state index contributed by atoms with van der Waals surface area (Å²) in [5.74, 6) is 0.255. The van der Waals surface area contributed by atoms with Gasteiger partial charge in [0, 0.05) is 34.6 Å². The molecule has 2 aromatic carbocycles. The van der Waals surface area contributed by atoms with Crippen molar-refractivity contribution in [2.45, 2.75) is 43.5 Å². The molecule has 0 radical (unpaired) electrons. The molecule has 2 atom stereocenters. The van der Waals surface area contributed by atoms with Crippen molar-refractivity contribution < 1.29 is 26.8 Å². The molecule has 10 nitrogen and oxygen atoms in total. The van der Waals surface area contributed by atoms with Crippen LogP contribution in [0.5, 0.6) is 0 Å². The van der Waals surface area contributed by atoms with Crippen molar-refractivity contribution in [1.29, 1.82) is 0 Å². The lowest BCUT2D eigenvalue weighted by atomic mass is 9.61. The molecule has 244 valence electrons. The number of carbonyl (C=O) groups excluding carboxylic acids is 1. The number of aromatic nitrogens is 4. The fourth-order valence-corrected chi connectivity index (χ4v) is 8.74. The van der Waals surface area contributed by atoms with Gasteiger partial charge in [-0.3, -0.25) is 4.79 Å². The van der Waals surface area contributed by atoms with Crippen LogP contribution in [0.3, 0.4) is 0 Å². The van der Waals surface area contributed by atoms with E-state index in [2.05, 4.69) is 10.3 Å². The largest absolute Gasteiger partial charge is 0.469 e. The van der Waals surface area contributed by atoms with Gasteiger partial charge in [0.15, 0.2) is 17.2 Å². The summed E-state index contributed by atoms with van der Waals surface area (Å²) in [6, 6.07) is 18.7. The summed E-state index contributed by atoms with van der Waals surface area (Å²) in [5.41, 5.74) is 2.31. The number of hydrogen-bond donors (Lipinski definition) is 1. The molecule has 3 aliphatic rings. The van der Waals surface area contributed by atoms with Gasteiger partial charge in [0.2, 0.25) is 0 Å². The van der Waals surface area contributed by atoms with E-state index in [0.29, 0.717) is 22.9 Å². The molecule has 0 saturated heterocycles. The Hall–Kier alpha value is -5.10. The standard InChI is InChI=1S/C36H32FN5O5S/c1-20-7-13-25(14-8-20)48(44,45)42-19-27(26-16-24(37)18-38-35(26)42)34-39-28(30-15-23-5-3-4-6-29(23)47-30)17-31(41-34)40-33-22-11-9-21(10-12-22)32(33)36(43)46-2/h3-8,13-19,21-22,32-33H,9-12H2,1-2H3,(H,39,40,41). The van der Waals surface area contributed by atoms with Gasteiger partial charge in [-0.2, -0.15) is 0 Å². The molecule has 3 fully saturated rings. The van der Waals surface area contributed by atoms with Crippen LogP contribution in [0.25, 0.3) is 44.8 Å². The Morgan fingerprint density at radius 2 is 1.75 bits per heavy atom. The van der Waals surface area contributed by atoms with Crippen LogP contribution in [-0.4, -0.2) is 46.5 Å². The number of furan rings is 1. The predicted octanol–water partition coefficient (Wildman–Crippen LogP) is 6.98. The monoisotopic (exact) mass is 665 g/mol. The first-order chi connectivity index (χ1) is 23.2. The number of methoxy groups -OCH3 is 1. The summed E-state index contributed by atoms with van der Waals surface area (Å²) >= 11 is 0. The smallest absolute Gasteiger partial charge is 0.311 e. The molecule has 12 heteroatoms. The van der Waals surface area contributed by atoms with Crippen LogP contribution >= 0.6 is 0 Å². The van der Waals surface area contributed by atoms with Crippen molar-refractivity contribution in [2.75, 3.05) is 12.4 Å². The van der Waals surface area contributed by atoms with Gasteiger partial charge in [-0.1, -0.05) is 35.9 Å². The third-order valence-electron chi connectivity index (χ3n) is 9.81. The molecule has 48 heavy (non-hydrogen) atoms. The molecule has 1 N–H and O–H groups in total. The number of fused-ring (bicyclic) bond motifs is 5. The average Bonchev–Trinajstić information content (AvgIpc) is 3.71. The lowest BCUT2D eigenvalue weighted by Gasteiger charge is -2.47. The summed E-state index contributed by atoms with van der Waals surface area (Å²) in [6.45, 7) is 1.87. The number of rotatable bonds is 7. The van der Waals surface area contributed by atoms with Crippen LogP contribution in [-0.2, 0) is 19.6 Å². The zero-order valence-corrected chi connectivity index (χ0v) is 27.1. The number of ether oxygens (including phenoxy) is 1. The van der Waals surface area contributed by atoms with E-state index in [9.17, 15) is 17.6 Å². The lowest BCUT2D eigenvalue weighted by Crippen LogP contribution is -2.51. The minimum atomic E-state index is -4.13.